The molecule has 21 heavy (non-hydrogen) atoms. The van der Waals surface area contributed by atoms with E-state index < -0.39 is 10.2 Å². The normalized spacial score (nSPS) is 18.2. The fourth-order valence-electron chi connectivity index (χ4n) is 2.56. The van der Waals surface area contributed by atoms with Gasteiger partial charge in [0.25, 0.3) is 10.2 Å². The van der Waals surface area contributed by atoms with Gasteiger partial charge in [-0.05, 0) is 32.4 Å². The van der Waals surface area contributed by atoms with Gasteiger partial charge in [0, 0.05) is 33.1 Å². The highest BCUT2D eigenvalue weighted by Crippen LogP contribution is 2.18. The minimum Gasteiger partial charge on any atom is -0.321 e. The second-order valence-corrected chi connectivity index (χ2v) is 7.16. The fraction of sp³-hybridized carbons (Fsp3) is 0.833. The Morgan fingerprint density at radius 2 is 2.10 bits per heavy atom. The molecule has 0 aliphatic carbocycles. The highest BCUT2D eigenvalue weighted by Gasteiger charge is 2.27. The second kappa shape index (κ2) is 7.30. The molecule has 0 unspecified atom stereocenters. The number of hydrogen-bond acceptors (Lipinski definition) is 5. The maximum absolute atomic E-state index is 12.2. The maximum atomic E-state index is 12.2. The average Bonchev–Trinajstić information content (AvgIpc) is 2.85. The van der Waals surface area contributed by atoms with Gasteiger partial charge in [-0.1, -0.05) is 0 Å². The molecule has 0 bridgehead atoms. The number of rotatable bonds is 7. The van der Waals surface area contributed by atoms with Crippen molar-refractivity contribution >= 4 is 10.2 Å². The summed E-state index contributed by atoms with van der Waals surface area (Å²) in [5, 5.41) is 10.9. The van der Waals surface area contributed by atoms with Crippen LogP contribution in [0.5, 0.6) is 0 Å². The van der Waals surface area contributed by atoms with E-state index in [4.69, 9.17) is 0 Å². The Hall–Kier alpha value is -1.03. The van der Waals surface area contributed by atoms with Gasteiger partial charge in [-0.25, -0.2) is 4.72 Å². The van der Waals surface area contributed by atoms with Gasteiger partial charge in [-0.3, -0.25) is 0 Å². The Labute approximate surface area is 126 Å². The summed E-state index contributed by atoms with van der Waals surface area (Å²) in [6.07, 6.45) is 3.96. The molecule has 2 heterocycles. The van der Waals surface area contributed by atoms with Crippen LogP contribution in [0.4, 0.5) is 0 Å². The lowest BCUT2D eigenvalue weighted by molar-refractivity contribution is 0.268. The molecule has 1 aliphatic rings. The number of nitrogens with zero attached hydrogens (tertiary/aromatic N) is 4. The van der Waals surface area contributed by atoms with Crippen LogP contribution in [0, 0.1) is 5.92 Å². The van der Waals surface area contributed by atoms with Crippen LogP contribution < -0.4 is 10.0 Å². The van der Waals surface area contributed by atoms with E-state index in [-0.39, 0.29) is 0 Å². The number of piperidine rings is 1. The molecule has 0 amide bonds. The smallest absolute Gasteiger partial charge is 0.279 e. The summed E-state index contributed by atoms with van der Waals surface area (Å²) in [7, 11) is 0.389. The zero-order valence-electron chi connectivity index (χ0n) is 12.6. The Balaban J connectivity index is 1.78. The third-order valence-corrected chi connectivity index (χ3v) is 5.46. The fourth-order valence-corrected chi connectivity index (χ4v) is 3.79. The summed E-state index contributed by atoms with van der Waals surface area (Å²) in [6, 6.07) is 0. The Morgan fingerprint density at radius 3 is 2.67 bits per heavy atom. The minimum atomic E-state index is -3.38. The van der Waals surface area contributed by atoms with E-state index in [0.717, 1.165) is 25.2 Å². The van der Waals surface area contributed by atoms with Gasteiger partial charge in [0.1, 0.15) is 12.2 Å². The first-order valence-corrected chi connectivity index (χ1v) is 8.69. The van der Waals surface area contributed by atoms with Gasteiger partial charge in [0.2, 0.25) is 0 Å². The van der Waals surface area contributed by atoms with Crippen molar-refractivity contribution in [3.8, 4) is 0 Å². The van der Waals surface area contributed by atoms with Crippen molar-refractivity contribution in [2.75, 3.05) is 33.2 Å². The molecule has 9 heteroatoms. The van der Waals surface area contributed by atoms with Gasteiger partial charge in [0.15, 0.2) is 0 Å². The first-order valence-electron chi connectivity index (χ1n) is 7.25. The molecule has 0 spiro atoms. The topological polar surface area (TPSA) is 92.2 Å². The van der Waals surface area contributed by atoms with Crippen molar-refractivity contribution in [2.45, 2.75) is 19.3 Å². The molecule has 0 aromatic carbocycles. The van der Waals surface area contributed by atoms with Gasteiger partial charge in [-0.15, -0.1) is 10.2 Å². The molecule has 120 valence electrons. The number of hydrogen-bond donors (Lipinski definition) is 2. The summed E-state index contributed by atoms with van der Waals surface area (Å²) in [5.41, 5.74) is 0. The van der Waals surface area contributed by atoms with Crippen LogP contribution >= 0.6 is 0 Å². The molecule has 1 aromatic heterocycles. The van der Waals surface area contributed by atoms with Crippen molar-refractivity contribution in [3.05, 3.63) is 12.2 Å². The summed E-state index contributed by atoms with van der Waals surface area (Å²) in [5.74, 6) is 1.34. The molecular weight excluding hydrogens is 292 g/mol. The van der Waals surface area contributed by atoms with Crippen LogP contribution in [0.2, 0.25) is 0 Å². The van der Waals surface area contributed by atoms with Gasteiger partial charge in [-0.2, -0.15) is 12.7 Å². The van der Waals surface area contributed by atoms with Gasteiger partial charge >= 0.3 is 0 Å². The number of nitrogens with one attached hydrogen (secondary N) is 2. The quantitative estimate of drug-likeness (QED) is 0.682. The summed E-state index contributed by atoms with van der Waals surface area (Å²) < 4.78 is 30.4. The predicted molar refractivity (Wildman–Crippen MR) is 79.9 cm³/mol. The highest BCUT2D eigenvalue weighted by molar-refractivity contribution is 7.87. The van der Waals surface area contributed by atoms with E-state index in [1.807, 2.05) is 14.1 Å². The van der Waals surface area contributed by atoms with E-state index in [9.17, 15) is 8.42 Å². The van der Waals surface area contributed by atoms with E-state index in [0.29, 0.717) is 32.0 Å². The molecule has 0 saturated carbocycles. The van der Waals surface area contributed by atoms with E-state index in [1.54, 1.807) is 10.9 Å². The molecule has 2 N–H and O–H groups in total. The van der Waals surface area contributed by atoms with Crippen LogP contribution in [0.1, 0.15) is 18.7 Å². The summed E-state index contributed by atoms with van der Waals surface area (Å²) >= 11 is 0. The van der Waals surface area contributed by atoms with Crippen LogP contribution in [-0.4, -0.2) is 60.7 Å². The SMILES string of the molecule is CNCC1CCN(S(=O)(=O)NCCc2nncn2C)CC1. The molecule has 1 aliphatic heterocycles. The molecule has 1 fully saturated rings. The average molecular weight is 316 g/mol. The van der Waals surface area contributed by atoms with Crippen LogP contribution in [0.15, 0.2) is 6.33 Å². The molecule has 1 saturated heterocycles. The third kappa shape index (κ3) is 4.47. The zero-order valence-corrected chi connectivity index (χ0v) is 13.4. The Morgan fingerprint density at radius 1 is 1.38 bits per heavy atom. The van der Waals surface area contributed by atoms with Crippen molar-refractivity contribution in [2.24, 2.45) is 13.0 Å². The number of aryl methyl sites for hydroxylation is 1. The van der Waals surface area contributed by atoms with Gasteiger partial charge < -0.3 is 9.88 Å². The van der Waals surface area contributed by atoms with E-state index in [2.05, 4.69) is 20.2 Å². The van der Waals surface area contributed by atoms with Crippen molar-refractivity contribution in [3.63, 3.8) is 0 Å². The van der Waals surface area contributed by atoms with Gasteiger partial charge in [0.05, 0.1) is 0 Å². The lowest BCUT2D eigenvalue weighted by Gasteiger charge is -2.31. The second-order valence-electron chi connectivity index (χ2n) is 5.41. The van der Waals surface area contributed by atoms with Crippen molar-refractivity contribution in [1.29, 1.82) is 0 Å². The van der Waals surface area contributed by atoms with Crippen LogP contribution in [0.3, 0.4) is 0 Å². The minimum absolute atomic E-state index is 0.339. The third-order valence-electron chi connectivity index (χ3n) is 3.84. The van der Waals surface area contributed by atoms with Crippen LogP contribution in [-0.2, 0) is 23.7 Å². The van der Waals surface area contributed by atoms with Crippen molar-refractivity contribution in [1.82, 2.24) is 29.1 Å². The van der Waals surface area contributed by atoms with E-state index >= 15 is 0 Å². The summed E-state index contributed by atoms with van der Waals surface area (Å²) in [4.78, 5) is 0. The maximum Gasteiger partial charge on any atom is 0.279 e. The summed E-state index contributed by atoms with van der Waals surface area (Å²) in [6.45, 7) is 2.47. The Bertz CT molecular complexity index is 536. The van der Waals surface area contributed by atoms with E-state index in [1.165, 1.54) is 4.31 Å². The largest absolute Gasteiger partial charge is 0.321 e. The first kappa shape index (κ1) is 16.3. The molecule has 0 atom stereocenters. The van der Waals surface area contributed by atoms with Crippen molar-refractivity contribution < 1.29 is 8.42 Å². The monoisotopic (exact) mass is 316 g/mol. The molecular formula is C12H24N6O2S. The standard InChI is InChI=1S/C12H24N6O2S/c1-13-9-11-4-7-18(8-5-11)21(19,20)15-6-3-12-16-14-10-17(12)2/h10-11,13,15H,3-9H2,1-2H3. The predicted octanol–water partition coefficient (Wildman–Crippen LogP) is -0.877. The lowest BCUT2D eigenvalue weighted by atomic mass is 9.98. The molecule has 2 rings (SSSR count). The first-order chi connectivity index (χ1) is 10.0. The molecule has 0 radical (unpaired) electrons. The zero-order chi connectivity index (χ0) is 15.3. The highest BCUT2D eigenvalue weighted by atomic mass is 32.2. The molecule has 8 nitrogen and oxygen atoms in total. The number of aromatic nitrogens is 3. The molecule has 1 aromatic rings. The van der Waals surface area contributed by atoms with Crippen LogP contribution in [0.25, 0.3) is 0 Å². The Kier molecular flexibility index (Phi) is 5.68. The lowest BCUT2D eigenvalue weighted by Crippen LogP contribution is -2.46.